The molecule has 8 nitrogen and oxygen atoms in total. The Bertz CT molecular complexity index is 806. The minimum absolute atomic E-state index is 0.0631. The first-order chi connectivity index (χ1) is 10.3. The summed E-state index contributed by atoms with van der Waals surface area (Å²) < 4.78 is 24.5. The number of nitrogens with one attached hydrogen (secondary N) is 1. The third-order valence-corrected chi connectivity index (χ3v) is 5.00. The van der Waals surface area contributed by atoms with Crippen molar-refractivity contribution in [2.75, 3.05) is 17.3 Å². The summed E-state index contributed by atoms with van der Waals surface area (Å²) in [5.74, 6) is -0.284. The molecule has 1 aromatic carbocycles. The molecule has 1 aromatic heterocycles. The van der Waals surface area contributed by atoms with Crippen molar-refractivity contribution in [1.29, 1.82) is 0 Å². The number of thioether (sulfide) groups is 1. The smallest absolute Gasteiger partial charge is 0.234 e. The van der Waals surface area contributed by atoms with Gasteiger partial charge in [-0.2, -0.15) is 0 Å². The van der Waals surface area contributed by atoms with Crippen LogP contribution in [0, 0.1) is 0 Å². The van der Waals surface area contributed by atoms with Crippen molar-refractivity contribution in [2.24, 2.45) is 7.05 Å². The molecule has 1 N–H and O–H groups in total. The van der Waals surface area contributed by atoms with E-state index >= 15 is 0 Å². The fraction of sp³-hybridized carbons (Fsp3) is 0.273. The maximum absolute atomic E-state index is 11.9. The maximum atomic E-state index is 11.9. The summed E-state index contributed by atoms with van der Waals surface area (Å²) in [6.45, 7) is 0. The van der Waals surface area contributed by atoms with Gasteiger partial charge in [-0.05, 0) is 28.6 Å². The average Bonchev–Trinajstić information content (AvgIpc) is 2.83. The standard InChI is InChI=1S/C11H12ClN5O3S2/c1-17-11(14-15-16-17)21-6-10(18)13-9-5-7(22(2,19)20)3-4-8(9)12/h3-5H,6H2,1-2H3,(H,13,18). The third kappa shape index (κ3) is 4.18. The third-order valence-electron chi connectivity index (χ3n) is 2.55. The van der Waals surface area contributed by atoms with Crippen LogP contribution in [0.25, 0.3) is 0 Å². The van der Waals surface area contributed by atoms with Gasteiger partial charge < -0.3 is 5.32 Å². The van der Waals surface area contributed by atoms with Crippen molar-refractivity contribution in [1.82, 2.24) is 20.2 Å². The highest BCUT2D eigenvalue weighted by Gasteiger charge is 2.13. The van der Waals surface area contributed by atoms with Crippen LogP contribution in [0.2, 0.25) is 5.02 Å². The van der Waals surface area contributed by atoms with E-state index in [1.165, 1.54) is 22.9 Å². The molecule has 0 fully saturated rings. The van der Waals surface area contributed by atoms with Crippen LogP contribution in [0.4, 0.5) is 5.69 Å². The van der Waals surface area contributed by atoms with Gasteiger partial charge in [0.2, 0.25) is 11.1 Å². The van der Waals surface area contributed by atoms with E-state index in [1.807, 2.05) is 0 Å². The largest absolute Gasteiger partial charge is 0.324 e. The summed E-state index contributed by atoms with van der Waals surface area (Å²) in [6.07, 6.45) is 1.08. The van der Waals surface area contributed by atoms with E-state index in [4.69, 9.17) is 11.6 Å². The zero-order chi connectivity index (χ0) is 16.3. The quantitative estimate of drug-likeness (QED) is 0.791. The molecule has 0 unspecified atom stereocenters. The summed E-state index contributed by atoms with van der Waals surface area (Å²) >= 11 is 7.11. The van der Waals surface area contributed by atoms with E-state index in [0.29, 0.717) is 5.16 Å². The highest BCUT2D eigenvalue weighted by molar-refractivity contribution is 7.99. The number of rotatable bonds is 5. The summed E-state index contributed by atoms with van der Waals surface area (Å²) in [6, 6.07) is 4.13. The Morgan fingerprint density at radius 2 is 2.18 bits per heavy atom. The number of hydrogen-bond acceptors (Lipinski definition) is 7. The lowest BCUT2D eigenvalue weighted by molar-refractivity contribution is -0.113. The molecule has 0 aliphatic carbocycles. The number of halogens is 1. The second kappa shape index (κ2) is 6.63. The van der Waals surface area contributed by atoms with Crippen LogP contribution >= 0.6 is 23.4 Å². The molecule has 0 aliphatic heterocycles. The number of tetrazole rings is 1. The van der Waals surface area contributed by atoms with Crippen molar-refractivity contribution >= 4 is 44.8 Å². The number of carbonyl (C=O) groups is 1. The van der Waals surface area contributed by atoms with Gasteiger partial charge in [-0.3, -0.25) is 4.79 Å². The number of benzene rings is 1. The van der Waals surface area contributed by atoms with E-state index in [2.05, 4.69) is 20.8 Å². The van der Waals surface area contributed by atoms with Crippen LogP contribution in [0.3, 0.4) is 0 Å². The second-order valence-electron chi connectivity index (χ2n) is 4.34. The molecular formula is C11H12ClN5O3S2. The number of sulfone groups is 1. The van der Waals surface area contributed by atoms with Crippen molar-refractivity contribution in [2.45, 2.75) is 10.1 Å². The molecule has 0 saturated heterocycles. The fourth-order valence-electron chi connectivity index (χ4n) is 1.49. The zero-order valence-corrected chi connectivity index (χ0v) is 14.0. The fourth-order valence-corrected chi connectivity index (χ4v) is 2.95. The molecule has 0 saturated carbocycles. The number of nitrogens with zero attached hydrogens (tertiary/aromatic N) is 4. The van der Waals surface area contributed by atoms with Crippen LogP contribution < -0.4 is 5.32 Å². The molecule has 0 bridgehead atoms. The van der Waals surface area contributed by atoms with Gasteiger partial charge >= 0.3 is 0 Å². The van der Waals surface area contributed by atoms with Crippen molar-refractivity contribution in [3.8, 4) is 0 Å². The van der Waals surface area contributed by atoms with Gasteiger partial charge in [-0.15, -0.1) is 5.10 Å². The highest BCUT2D eigenvalue weighted by Crippen LogP contribution is 2.25. The molecule has 0 atom stereocenters. The van der Waals surface area contributed by atoms with Crippen molar-refractivity contribution in [3.05, 3.63) is 23.2 Å². The highest BCUT2D eigenvalue weighted by atomic mass is 35.5. The first-order valence-electron chi connectivity index (χ1n) is 5.92. The average molecular weight is 362 g/mol. The van der Waals surface area contributed by atoms with Gasteiger partial charge in [-0.1, -0.05) is 23.4 Å². The maximum Gasteiger partial charge on any atom is 0.234 e. The summed E-state index contributed by atoms with van der Waals surface area (Å²) in [5.41, 5.74) is 0.242. The second-order valence-corrected chi connectivity index (χ2v) is 7.70. The van der Waals surface area contributed by atoms with Gasteiger partial charge in [0.25, 0.3) is 0 Å². The molecule has 22 heavy (non-hydrogen) atoms. The molecular weight excluding hydrogens is 350 g/mol. The SMILES string of the molecule is Cn1nnnc1SCC(=O)Nc1cc(S(C)(=O)=O)ccc1Cl. The lowest BCUT2D eigenvalue weighted by atomic mass is 10.3. The number of anilines is 1. The van der Waals surface area contributed by atoms with Gasteiger partial charge in [-0.25, -0.2) is 13.1 Å². The number of aryl methyl sites for hydroxylation is 1. The number of carbonyl (C=O) groups excluding carboxylic acids is 1. The van der Waals surface area contributed by atoms with Gasteiger partial charge in [0, 0.05) is 13.3 Å². The first kappa shape index (κ1) is 16.7. The van der Waals surface area contributed by atoms with E-state index in [1.54, 1.807) is 7.05 Å². The molecule has 0 radical (unpaired) electrons. The lowest BCUT2D eigenvalue weighted by Gasteiger charge is -2.08. The summed E-state index contributed by atoms with van der Waals surface area (Å²) in [4.78, 5) is 12.0. The molecule has 2 aromatic rings. The number of aromatic nitrogens is 4. The van der Waals surface area contributed by atoms with E-state index in [-0.39, 0.29) is 27.3 Å². The van der Waals surface area contributed by atoms with E-state index in [9.17, 15) is 13.2 Å². The Morgan fingerprint density at radius 3 is 2.77 bits per heavy atom. The van der Waals surface area contributed by atoms with Gasteiger partial charge in [0.15, 0.2) is 9.84 Å². The van der Waals surface area contributed by atoms with E-state index < -0.39 is 9.84 Å². The molecule has 0 aliphatic rings. The Kier molecular flexibility index (Phi) is 5.04. The summed E-state index contributed by atoms with van der Waals surface area (Å²) in [5, 5.41) is 14.2. The predicted octanol–water partition coefficient (Wildman–Crippen LogP) is 0.998. The Morgan fingerprint density at radius 1 is 1.45 bits per heavy atom. The Balaban J connectivity index is 2.07. The zero-order valence-electron chi connectivity index (χ0n) is 11.6. The van der Waals surface area contributed by atoms with Gasteiger partial charge in [0.1, 0.15) is 0 Å². The lowest BCUT2D eigenvalue weighted by Crippen LogP contribution is -2.15. The molecule has 0 spiro atoms. The molecule has 118 valence electrons. The first-order valence-corrected chi connectivity index (χ1v) is 9.17. The molecule has 1 heterocycles. The topological polar surface area (TPSA) is 107 Å². The van der Waals surface area contributed by atoms with E-state index in [0.717, 1.165) is 18.0 Å². The van der Waals surface area contributed by atoms with Crippen LogP contribution in [0.1, 0.15) is 0 Å². The monoisotopic (exact) mass is 361 g/mol. The van der Waals surface area contributed by atoms with Crippen LogP contribution in [0.5, 0.6) is 0 Å². The molecule has 11 heteroatoms. The summed E-state index contributed by atoms with van der Waals surface area (Å²) in [7, 11) is -1.72. The van der Waals surface area contributed by atoms with Crippen LogP contribution in [0.15, 0.2) is 28.3 Å². The van der Waals surface area contributed by atoms with Crippen LogP contribution in [-0.2, 0) is 21.7 Å². The number of amides is 1. The minimum Gasteiger partial charge on any atom is -0.324 e. The Hall–Kier alpha value is -1.65. The molecule has 2 rings (SSSR count). The van der Waals surface area contributed by atoms with Gasteiger partial charge in [0.05, 0.1) is 21.4 Å². The number of hydrogen-bond donors (Lipinski definition) is 1. The van der Waals surface area contributed by atoms with Crippen molar-refractivity contribution < 1.29 is 13.2 Å². The predicted molar refractivity (Wildman–Crippen MR) is 82.7 cm³/mol. The molecule has 1 amide bonds. The minimum atomic E-state index is -3.38. The van der Waals surface area contributed by atoms with Crippen molar-refractivity contribution in [3.63, 3.8) is 0 Å². The Labute approximate surface area is 136 Å². The normalized spacial score (nSPS) is 11.4. The van der Waals surface area contributed by atoms with Crippen LogP contribution in [-0.4, -0.2) is 46.5 Å².